The van der Waals surface area contributed by atoms with E-state index in [1.54, 1.807) is 44.3 Å². The first-order valence-corrected chi connectivity index (χ1v) is 9.29. The lowest BCUT2D eigenvalue weighted by Gasteiger charge is -2.22. The molecule has 1 rings (SSSR count). The van der Waals surface area contributed by atoms with Crippen LogP contribution in [0.15, 0.2) is 35.2 Å². The molecule has 23 heavy (non-hydrogen) atoms. The van der Waals surface area contributed by atoms with Crippen LogP contribution in [0.25, 0.3) is 0 Å². The maximum absolute atomic E-state index is 11.8. The number of methoxy groups -OCH3 is 1. The molecule has 0 heterocycles. The molecule has 1 atom stereocenters. The van der Waals surface area contributed by atoms with Crippen molar-refractivity contribution in [2.24, 2.45) is 0 Å². The van der Waals surface area contributed by atoms with Gasteiger partial charge in [-0.2, -0.15) is 0 Å². The number of esters is 1. The van der Waals surface area contributed by atoms with Gasteiger partial charge in [-0.1, -0.05) is 18.2 Å². The molecule has 1 unspecified atom stereocenters. The van der Waals surface area contributed by atoms with Crippen molar-refractivity contribution in [2.75, 3.05) is 17.9 Å². The largest absolute Gasteiger partial charge is 0.467 e. The number of benzene rings is 1. The van der Waals surface area contributed by atoms with Crippen molar-refractivity contribution in [3.8, 4) is 0 Å². The Labute approximate surface area is 145 Å². The van der Waals surface area contributed by atoms with Crippen LogP contribution in [0.1, 0.15) is 20.8 Å². The van der Waals surface area contributed by atoms with Gasteiger partial charge in [0.15, 0.2) is 0 Å². The Bertz CT molecular complexity index is 503. The number of carbonyl (C=O) groups excluding carboxylic acids is 2. The Morgan fingerprint density at radius 2 is 1.87 bits per heavy atom. The van der Waals surface area contributed by atoms with Gasteiger partial charge in [0.1, 0.15) is 11.6 Å². The summed E-state index contributed by atoms with van der Waals surface area (Å²) in [5.41, 5.74) is -0.610. The highest BCUT2D eigenvalue weighted by atomic mass is 32.2. The summed E-state index contributed by atoms with van der Waals surface area (Å²) in [6, 6.07) is 9.26. The highest BCUT2D eigenvalue weighted by Gasteiger charge is 2.24. The number of hydrogen-bond acceptors (Lipinski definition) is 6. The van der Waals surface area contributed by atoms with Crippen LogP contribution in [0.5, 0.6) is 0 Å². The lowest BCUT2D eigenvalue weighted by molar-refractivity contribution is -0.142. The molecule has 0 radical (unpaired) electrons. The number of ether oxygens (including phenoxy) is 2. The first-order valence-electron chi connectivity index (χ1n) is 7.15. The number of alkyl carbamates (subject to hydrolysis) is 1. The summed E-state index contributed by atoms with van der Waals surface area (Å²) in [5.74, 6) is -0.0563. The van der Waals surface area contributed by atoms with Crippen LogP contribution in [0.4, 0.5) is 4.79 Å². The van der Waals surface area contributed by atoms with Gasteiger partial charge >= 0.3 is 12.1 Å². The van der Waals surface area contributed by atoms with Gasteiger partial charge in [0.05, 0.1) is 7.11 Å². The van der Waals surface area contributed by atoms with Crippen LogP contribution >= 0.6 is 23.5 Å². The Hall–Kier alpha value is -1.34. The smallest absolute Gasteiger partial charge is 0.408 e. The average Bonchev–Trinajstić information content (AvgIpc) is 2.48. The predicted octanol–water partition coefficient (Wildman–Crippen LogP) is 3.54. The van der Waals surface area contributed by atoms with Gasteiger partial charge in [-0.15, -0.1) is 23.5 Å². The Morgan fingerprint density at radius 3 is 2.43 bits per heavy atom. The number of carbonyl (C=O) groups is 2. The minimum atomic E-state index is -0.726. The van der Waals surface area contributed by atoms with Crippen LogP contribution in [-0.2, 0) is 14.3 Å². The van der Waals surface area contributed by atoms with Crippen molar-refractivity contribution in [2.45, 2.75) is 37.3 Å². The van der Waals surface area contributed by atoms with E-state index >= 15 is 0 Å². The molecular formula is C16H23NO4S2. The van der Waals surface area contributed by atoms with Gasteiger partial charge in [0, 0.05) is 15.7 Å². The third-order valence-corrected chi connectivity index (χ3v) is 4.83. The van der Waals surface area contributed by atoms with Crippen LogP contribution in [0.2, 0.25) is 0 Å². The van der Waals surface area contributed by atoms with E-state index in [1.807, 2.05) is 30.3 Å². The van der Waals surface area contributed by atoms with Crippen molar-refractivity contribution in [3.05, 3.63) is 30.3 Å². The summed E-state index contributed by atoms with van der Waals surface area (Å²) in [5, 5.41) is 3.33. The summed E-state index contributed by atoms with van der Waals surface area (Å²) in [6.07, 6.45) is -0.621. The number of rotatable bonds is 7. The molecule has 0 aliphatic heterocycles. The Morgan fingerprint density at radius 1 is 1.22 bits per heavy atom. The quantitative estimate of drug-likeness (QED) is 0.348. The molecule has 0 bridgehead atoms. The number of amides is 1. The molecular weight excluding hydrogens is 334 g/mol. The van der Waals surface area contributed by atoms with E-state index in [4.69, 9.17) is 9.47 Å². The minimum absolute atomic E-state index is 0.422. The second-order valence-corrected chi connectivity index (χ2v) is 8.11. The zero-order valence-electron chi connectivity index (χ0n) is 13.8. The van der Waals surface area contributed by atoms with Crippen LogP contribution in [0.3, 0.4) is 0 Å². The maximum atomic E-state index is 11.8. The van der Waals surface area contributed by atoms with Crippen molar-refractivity contribution in [1.29, 1.82) is 0 Å². The molecule has 1 aromatic carbocycles. The van der Waals surface area contributed by atoms with E-state index in [0.29, 0.717) is 5.75 Å². The van der Waals surface area contributed by atoms with E-state index in [1.165, 1.54) is 7.11 Å². The van der Waals surface area contributed by atoms with Crippen molar-refractivity contribution in [3.63, 3.8) is 0 Å². The van der Waals surface area contributed by atoms with Gasteiger partial charge in [0.2, 0.25) is 0 Å². The van der Waals surface area contributed by atoms with E-state index in [9.17, 15) is 9.59 Å². The minimum Gasteiger partial charge on any atom is -0.467 e. The summed E-state index contributed by atoms with van der Waals surface area (Å²) < 4.78 is 9.90. The monoisotopic (exact) mass is 357 g/mol. The van der Waals surface area contributed by atoms with Gasteiger partial charge in [-0.05, 0) is 32.9 Å². The highest BCUT2D eigenvalue weighted by molar-refractivity contribution is 8.16. The van der Waals surface area contributed by atoms with E-state index in [0.717, 1.165) is 9.98 Å². The third-order valence-electron chi connectivity index (χ3n) is 2.51. The zero-order valence-corrected chi connectivity index (χ0v) is 15.5. The van der Waals surface area contributed by atoms with Crippen LogP contribution < -0.4 is 5.32 Å². The molecule has 1 aromatic rings. The summed E-state index contributed by atoms with van der Waals surface area (Å²) in [4.78, 5) is 24.7. The molecule has 0 aliphatic rings. The first-order chi connectivity index (χ1) is 10.8. The lowest BCUT2D eigenvalue weighted by Crippen LogP contribution is -2.45. The molecule has 0 saturated heterocycles. The Kier molecular flexibility index (Phi) is 8.33. The predicted molar refractivity (Wildman–Crippen MR) is 94.8 cm³/mol. The van der Waals surface area contributed by atoms with Crippen LogP contribution in [-0.4, -0.2) is 41.7 Å². The standard InChI is InChI=1S/C16H23NO4S2/c1-16(2,3)21-15(19)17-13(14(18)20-4)10-22-11-23-12-8-6-5-7-9-12/h5-9,13H,10-11H2,1-4H3,(H,17,19). The summed E-state index contributed by atoms with van der Waals surface area (Å²) in [7, 11) is 1.30. The second kappa shape index (κ2) is 9.72. The van der Waals surface area contributed by atoms with Gasteiger partial charge in [-0.25, -0.2) is 9.59 Å². The third kappa shape index (κ3) is 8.76. The first kappa shape index (κ1) is 19.7. The highest BCUT2D eigenvalue weighted by Crippen LogP contribution is 2.22. The zero-order chi connectivity index (χ0) is 17.3. The molecule has 0 aliphatic carbocycles. The molecule has 1 amide bonds. The molecule has 5 nitrogen and oxygen atoms in total. The van der Waals surface area contributed by atoms with Gasteiger partial charge in [-0.3, -0.25) is 0 Å². The lowest BCUT2D eigenvalue weighted by atomic mass is 10.2. The second-order valence-electron chi connectivity index (χ2n) is 5.67. The SMILES string of the molecule is COC(=O)C(CSCSc1ccccc1)NC(=O)OC(C)(C)C. The van der Waals surface area contributed by atoms with E-state index < -0.39 is 23.7 Å². The van der Waals surface area contributed by atoms with E-state index in [-0.39, 0.29) is 0 Å². The van der Waals surface area contributed by atoms with Gasteiger partial charge in [0.25, 0.3) is 0 Å². The number of hydrogen-bond donors (Lipinski definition) is 1. The molecule has 1 N–H and O–H groups in total. The van der Waals surface area contributed by atoms with Crippen LogP contribution in [0, 0.1) is 0 Å². The molecule has 128 valence electrons. The molecule has 0 saturated carbocycles. The Balaban J connectivity index is 2.42. The average molecular weight is 357 g/mol. The number of nitrogens with one attached hydrogen (secondary N) is 1. The fraction of sp³-hybridized carbons (Fsp3) is 0.500. The topological polar surface area (TPSA) is 64.6 Å². The normalized spacial score (nSPS) is 12.3. The number of thioether (sulfide) groups is 2. The fourth-order valence-electron chi connectivity index (χ4n) is 1.55. The van der Waals surface area contributed by atoms with Gasteiger partial charge < -0.3 is 14.8 Å². The maximum Gasteiger partial charge on any atom is 0.408 e. The summed E-state index contributed by atoms with van der Waals surface area (Å²) >= 11 is 3.23. The summed E-state index contributed by atoms with van der Waals surface area (Å²) in [6.45, 7) is 5.31. The molecule has 7 heteroatoms. The molecule has 0 fully saturated rings. The van der Waals surface area contributed by atoms with E-state index in [2.05, 4.69) is 5.32 Å². The van der Waals surface area contributed by atoms with Crippen molar-refractivity contribution >= 4 is 35.6 Å². The van der Waals surface area contributed by atoms with Crippen molar-refractivity contribution < 1.29 is 19.1 Å². The molecule has 0 spiro atoms. The fourth-order valence-corrected chi connectivity index (χ4v) is 3.62. The molecule has 0 aromatic heterocycles. The van der Waals surface area contributed by atoms with Crippen molar-refractivity contribution in [1.82, 2.24) is 5.32 Å².